The summed E-state index contributed by atoms with van der Waals surface area (Å²) in [4.78, 5) is 46.5. The molecule has 0 fully saturated rings. The highest BCUT2D eigenvalue weighted by atomic mass is 16.6. The Bertz CT molecular complexity index is 777. The first-order valence-electron chi connectivity index (χ1n) is 10.1. The van der Waals surface area contributed by atoms with Gasteiger partial charge in [-0.15, -0.1) is 0 Å². The molecule has 0 heterocycles. The summed E-state index contributed by atoms with van der Waals surface area (Å²) >= 11 is 0. The van der Waals surface area contributed by atoms with Crippen molar-refractivity contribution in [3.63, 3.8) is 0 Å². The standard InChI is InChI=1S/C22H31NO8/c1-6-14(2)11-21(26)29-10-9-23-18(22(27)28-5)12-17-7-8-19(30-15(3)24)20(13-17)31-16(4)25/h7-8,13-14,18,23H,6,9-12H2,1-5H3/t14?,18-/m0/s1. The number of nitrogens with one attached hydrogen (secondary N) is 1. The number of hydrogen-bond acceptors (Lipinski definition) is 9. The van der Waals surface area contributed by atoms with Gasteiger partial charge in [-0.3, -0.25) is 19.2 Å². The number of carbonyl (C=O) groups is 4. The summed E-state index contributed by atoms with van der Waals surface area (Å²) in [5.74, 6) is -1.48. The van der Waals surface area contributed by atoms with E-state index in [1.165, 1.54) is 33.1 Å². The van der Waals surface area contributed by atoms with E-state index in [1.807, 2.05) is 13.8 Å². The summed E-state index contributed by atoms with van der Waals surface area (Å²) < 4.78 is 20.2. The molecule has 0 aliphatic heterocycles. The first kappa shape index (κ1) is 26.1. The average molecular weight is 437 g/mol. The molecule has 1 aromatic carbocycles. The normalized spacial score (nSPS) is 12.4. The van der Waals surface area contributed by atoms with E-state index in [1.54, 1.807) is 6.07 Å². The minimum Gasteiger partial charge on any atom is -0.468 e. The molecule has 31 heavy (non-hydrogen) atoms. The molecule has 0 saturated carbocycles. The fourth-order valence-electron chi connectivity index (χ4n) is 2.66. The number of rotatable bonds is 12. The second-order valence-corrected chi connectivity index (χ2v) is 7.14. The van der Waals surface area contributed by atoms with Crippen molar-refractivity contribution in [1.29, 1.82) is 0 Å². The number of carbonyl (C=O) groups excluding carboxylic acids is 4. The number of methoxy groups -OCH3 is 1. The minimum absolute atomic E-state index is 0.0720. The van der Waals surface area contributed by atoms with Gasteiger partial charge in [0.1, 0.15) is 12.6 Å². The summed E-state index contributed by atoms with van der Waals surface area (Å²) in [6.07, 6.45) is 1.45. The molecule has 0 bridgehead atoms. The van der Waals surface area contributed by atoms with Gasteiger partial charge in [-0.05, 0) is 30.0 Å². The van der Waals surface area contributed by atoms with Gasteiger partial charge in [-0.2, -0.15) is 0 Å². The van der Waals surface area contributed by atoms with E-state index in [-0.39, 0.29) is 43.0 Å². The van der Waals surface area contributed by atoms with Crippen LogP contribution in [0.3, 0.4) is 0 Å². The molecule has 0 radical (unpaired) electrons. The van der Waals surface area contributed by atoms with Gasteiger partial charge in [-0.25, -0.2) is 0 Å². The predicted molar refractivity (Wildman–Crippen MR) is 112 cm³/mol. The molecule has 1 aromatic rings. The van der Waals surface area contributed by atoms with Crippen LogP contribution in [0.25, 0.3) is 0 Å². The van der Waals surface area contributed by atoms with Crippen LogP contribution in [0.1, 0.15) is 46.1 Å². The highest BCUT2D eigenvalue weighted by molar-refractivity contribution is 5.76. The van der Waals surface area contributed by atoms with Crippen LogP contribution in [-0.4, -0.2) is 50.2 Å². The number of hydrogen-bond donors (Lipinski definition) is 1. The summed E-state index contributed by atoms with van der Waals surface area (Å²) in [5, 5.41) is 3.00. The molecule has 0 amide bonds. The summed E-state index contributed by atoms with van der Waals surface area (Å²) in [6.45, 7) is 6.82. The Morgan fingerprint density at radius 2 is 1.68 bits per heavy atom. The van der Waals surface area contributed by atoms with E-state index in [0.717, 1.165) is 6.42 Å². The zero-order valence-electron chi connectivity index (χ0n) is 18.7. The van der Waals surface area contributed by atoms with Crippen molar-refractivity contribution in [3.8, 4) is 11.5 Å². The maximum atomic E-state index is 12.2. The third kappa shape index (κ3) is 10.1. The first-order valence-corrected chi connectivity index (χ1v) is 10.1. The monoisotopic (exact) mass is 437 g/mol. The molecule has 9 heteroatoms. The predicted octanol–water partition coefficient (Wildman–Crippen LogP) is 2.19. The first-order chi connectivity index (χ1) is 14.7. The van der Waals surface area contributed by atoms with E-state index in [2.05, 4.69) is 5.32 Å². The smallest absolute Gasteiger partial charge is 0.323 e. The Hall–Kier alpha value is -2.94. The number of esters is 4. The van der Waals surface area contributed by atoms with Crippen molar-refractivity contribution in [3.05, 3.63) is 23.8 Å². The second-order valence-electron chi connectivity index (χ2n) is 7.14. The summed E-state index contributed by atoms with van der Waals surface area (Å²) in [7, 11) is 1.28. The van der Waals surface area contributed by atoms with E-state index in [4.69, 9.17) is 18.9 Å². The van der Waals surface area contributed by atoms with Gasteiger partial charge < -0.3 is 24.3 Å². The molecular formula is C22H31NO8. The van der Waals surface area contributed by atoms with Gasteiger partial charge >= 0.3 is 23.9 Å². The molecule has 1 unspecified atom stereocenters. The van der Waals surface area contributed by atoms with Crippen molar-refractivity contribution < 1.29 is 38.1 Å². The molecule has 0 aliphatic carbocycles. The Labute approximate surface area is 182 Å². The number of ether oxygens (including phenoxy) is 4. The van der Waals surface area contributed by atoms with Crippen molar-refractivity contribution in [2.45, 2.75) is 53.0 Å². The third-order valence-electron chi connectivity index (χ3n) is 4.41. The molecule has 2 atom stereocenters. The molecule has 172 valence electrons. The lowest BCUT2D eigenvalue weighted by Crippen LogP contribution is -2.41. The van der Waals surface area contributed by atoms with Gasteiger partial charge in [0.25, 0.3) is 0 Å². The van der Waals surface area contributed by atoms with Gasteiger partial charge in [0.05, 0.1) is 7.11 Å². The van der Waals surface area contributed by atoms with E-state index < -0.39 is 23.9 Å². The minimum atomic E-state index is -0.719. The lowest BCUT2D eigenvalue weighted by atomic mass is 10.1. The van der Waals surface area contributed by atoms with Crippen LogP contribution < -0.4 is 14.8 Å². The zero-order valence-corrected chi connectivity index (χ0v) is 18.7. The van der Waals surface area contributed by atoms with Crippen LogP contribution in [0.5, 0.6) is 11.5 Å². The number of benzene rings is 1. The van der Waals surface area contributed by atoms with Crippen LogP contribution in [0.4, 0.5) is 0 Å². The summed E-state index contributed by atoms with van der Waals surface area (Å²) in [5.41, 5.74) is 0.642. The maximum absolute atomic E-state index is 12.2. The van der Waals surface area contributed by atoms with Gasteiger partial charge in [0.15, 0.2) is 11.5 Å². The highest BCUT2D eigenvalue weighted by Gasteiger charge is 2.21. The Balaban J connectivity index is 2.78. The molecular weight excluding hydrogens is 406 g/mol. The van der Waals surface area contributed by atoms with Crippen molar-refractivity contribution in [2.75, 3.05) is 20.3 Å². The second kappa shape index (κ2) is 13.4. The van der Waals surface area contributed by atoms with E-state index >= 15 is 0 Å². The van der Waals surface area contributed by atoms with Crippen LogP contribution >= 0.6 is 0 Å². The SMILES string of the molecule is CCC(C)CC(=O)OCCN[C@@H](Cc1ccc(OC(C)=O)c(OC(C)=O)c1)C(=O)OC. The average Bonchev–Trinajstić information content (AvgIpc) is 2.70. The van der Waals surface area contributed by atoms with Crippen LogP contribution in [0, 0.1) is 5.92 Å². The zero-order chi connectivity index (χ0) is 23.4. The van der Waals surface area contributed by atoms with Crippen molar-refractivity contribution in [1.82, 2.24) is 5.32 Å². The lowest BCUT2D eigenvalue weighted by Gasteiger charge is -2.18. The molecule has 0 spiro atoms. The quantitative estimate of drug-likeness (QED) is 0.298. The maximum Gasteiger partial charge on any atom is 0.323 e. The third-order valence-corrected chi connectivity index (χ3v) is 4.41. The van der Waals surface area contributed by atoms with Gasteiger partial charge in [-0.1, -0.05) is 26.3 Å². The fourth-order valence-corrected chi connectivity index (χ4v) is 2.66. The van der Waals surface area contributed by atoms with Crippen LogP contribution in [0.15, 0.2) is 18.2 Å². The van der Waals surface area contributed by atoms with Gasteiger partial charge in [0.2, 0.25) is 0 Å². The molecule has 1 N–H and O–H groups in total. The Kier molecular flexibility index (Phi) is 11.3. The molecule has 0 aliphatic rings. The van der Waals surface area contributed by atoms with Gasteiger partial charge in [0, 0.05) is 26.8 Å². The Morgan fingerprint density at radius 1 is 1.03 bits per heavy atom. The summed E-state index contributed by atoms with van der Waals surface area (Å²) in [6, 6.07) is 3.93. The van der Waals surface area contributed by atoms with Crippen molar-refractivity contribution >= 4 is 23.9 Å². The highest BCUT2D eigenvalue weighted by Crippen LogP contribution is 2.29. The van der Waals surface area contributed by atoms with E-state index in [0.29, 0.717) is 12.0 Å². The molecule has 1 rings (SSSR count). The topological polar surface area (TPSA) is 117 Å². The molecule has 9 nitrogen and oxygen atoms in total. The van der Waals surface area contributed by atoms with Crippen molar-refractivity contribution in [2.24, 2.45) is 5.92 Å². The lowest BCUT2D eigenvalue weighted by molar-refractivity contribution is -0.145. The van der Waals surface area contributed by atoms with Crippen LogP contribution in [-0.2, 0) is 35.1 Å². The largest absolute Gasteiger partial charge is 0.468 e. The molecule has 0 saturated heterocycles. The Morgan fingerprint density at radius 3 is 2.26 bits per heavy atom. The van der Waals surface area contributed by atoms with E-state index in [9.17, 15) is 19.2 Å². The fraction of sp³-hybridized carbons (Fsp3) is 0.545. The van der Waals surface area contributed by atoms with Crippen LogP contribution in [0.2, 0.25) is 0 Å². The molecule has 0 aromatic heterocycles.